The third kappa shape index (κ3) is 4.41. The number of benzene rings is 1. The summed E-state index contributed by atoms with van der Waals surface area (Å²) in [6, 6.07) is 8.42. The average molecular weight is 235 g/mol. The number of nitrogens with two attached hydrogens (primary N) is 1. The van der Waals surface area contributed by atoms with Gasteiger partial charge in [-0.15, -0.1) is 0 Å². The topological polar surface area (TPSA) is 53.0 Å². The predicted molar refractivity (Wildman–Crippen MR) is 67.1 cm³/mol. The molecule has 0 saturated carbocycles. The van der Waals surface area contributed by atoms with E-state index >= 15 is 0 Å². The molecular formula is C13H18FN3. The average Bonchev–Trinajstić information content (AvgIpc) is 2.29. The summed E-state index contributed by atoms with van der Waals surface area (Å²) >= 11 is 0. The van der Waals surface area contributed by atoms with Gasteiger partial charge >= 0.3 is 0 Å². The summed E-state index contributed by atoms with van der Waals surface area (Å²) < 4.78 is 12.7. The highest BCUT2D eigenvalue weighted by molar-refractivity contribution is 5.45. The van der Waals surface area contributed by atoms with Crippen LogP contribution in [-0.2, 0) is 0 Å². The van der Waals surface area contributed by atoms with Gasteiger partial charge in [-0.3, -0.25) is 0 Å². The van der Waals surface area contributed by atoms with Gasteiger partial charge in [-0.05, 0) is 44.0 Å². The second kappa shape index (κ2) is 5.65. The number of hydrogen-bond acceptors (Lipinski definition) is 3. The van der Waals surface area contributed by atoms with E-state index in [1.165, 1.54) is 12.1 Å². The van der Waals surface area contributed by atoms with Crippen molar-refractivity contribution in [1.29, 1.82) is 5.26 Å². The van der Waals surface area contributed by atoms with Crippen LogP contribution >= 0.6 is 0 Å². The van der Waals surface area contributed by atoms with Gasteiger partial charge in [0, 0.05) is 19.3 Å². The standard InChI is InChI=1S/C13H18FN3/c1-13(16,10-15)8-3-9-17(2)12-6-4-11(14)5-7-12/h4-7H,3,8-9,16H2,1-2H3. The van der Waals surface area contributed by atoms with Crippen LogP contribution in [0.5, 0.6) is 0 Å². The highest BCUT2D eigenvalue weighted by atomic mass is 19.1. The van der Waals surface area contributed by atoms with Crippen LogP contribution in [0.25, 0.3) is 0 Å². The summed E-state index contributed by atoms with van der Waals surface area (Å²) in [6.45, 7) is 2.52. The first-order valence-electron chi connectivity index (χ1n) is 5.61. The SMILES string of the molecule is CN(CCCC(C)(N)C#N)c1ccc(F)cc1. The Morgan fingerprint density at radius 1 is 1.41 bits per heavy atom. The highest BCUT2D eigenvalue weighted by Gasteiger charge is 2.16. The summed E-state index contributed by atoms with van der Waals surface area (Å²) in [4.78, 5) is 2.02. The molecular weight excluding hydrogens is 217 g/mol. The normalized spacial score (nSPS) is 13.8. The number of hydrogen-bond donors (Lipinski definition) is 1. The lowest BCUT2D eigenvalue weighted by atomic mass is 9.99. The van der Waals surface area contributed by atoms with E-state index in [1.807, 2.05) is 11.9 Å². The molecule has 1 unspecified atom stereocenters. The Morgan fingerprint density at radius 2 is 2.00 bits per heavy atom. The molecule has 0 radical (unpaired) electrons. The van der Waals surface area contributed by atoms with Crippen molar-refractivity contribution in [3.8, 4) is 6.07 Å². The number of rotatable bonds is 5. The summed E-state index contributed by atoms with van der Waals surface area (Å²) in [7, 11) is 1.94. The van der Waals surface area contributed by atoms with Gasteiger partial charge in [-0.1, -0.05) is 0 Å². The van der Waals surface area contributed by atoms with Gasteiger partial charge in [-0.25, -0.2) is 4.39 Å². The van der Waals surface area contributed by atoms with Crippen molar-refractivity contribution in [2.45, 2.75) is 25.3 Å². The van der Waals surface area contributed by atoms with E-state index in [1.54, 1.807) is 19.1 Å². The van der Waals surface area contributed by atoms with Gasteiger partial charge in [0.2, 0.25) is 0 Å². The Balaban J connectivity index is 2.43. The van der Waals surface area contributed by atoms with E-state index in [4.69, 9.17) is 11.0 Å². The zero-order valence-electron chi connectivity index (χ0n) is 10.3. The molecule has 92 valence electrons. The van der Waals surface area contributed by atoms with E-state index in [2.05, 4.69) is 6.07 Å². The monoisotopic (exact) mass is 235 g/mol. The van der Waals surface area contributed by atoms with Crippen LogP contribution in [0.4, 0.5) is 10.1 Å². The third-order valence-corrected chi connectivity index (χ3v) is 2.71. The minimum absolute atomic E-state index is 0.235. The molecule has 0 saturated heterocycles. The molecule has 1 atom stereocenters. The molecule has 0 aliphatic carbocycles. The molecule has 17 heavy (non-hydrogen) atoms. The van der Waals surface area contributed by atoms with Crippen molar-refractivity contribution in [2.75, 3.05) is 18.5 Å². The molecule has 4 heteroatoms. The van der Waals surface area contributed by atoms with Crippen LogP contribution in [0.3, 0.4) is 0 Å². The number of nitriles is 1. The van der Waals surface area contributed by atoms with Crippen molar-refractivity contribution >= 4 is 5.69 Å². The minimum Gasteiger partial charge on any atom is -0.375 e. The van der Waals surface area contributed by atoms with Crippen molar-refractivity contribution in [2.24, 2.45) is 5.73 Å². The second-order valence-corrected chi connectivity index (χ2v) is 4.53. The van der Waals surface area contributed by atoms with Gasteiger partial charge < -0.3 is 10.6 Å². The number of anilines is 1. The Labute approximate surface area is 102 Å². The lowest BCUT2D eigenvalue weighted by Gasteiger charge is -2.21. The second-order valence-electron chi connectivity index (χ2n) is 4.53. The van der Waals surface area contributed by atoms with Gasteiger partial charge in [0.1, 0.15) is 11.4 Å². The minimum atomic E-state index is -0.760. The maximum absolute atomic E-state index is 12.7. The van der Waals surface area contributed by atoms with Gasteiger partial charge in [0.15, 0.2) is 0 Å². The zero-order valence-corrected chi connectivity index (χ0v) is 10.3. The fraction of sp³-hybridized carbons (Fsp3) is 0.462. The Hall–Kier alpha value is -1.60. The van der Waals surface area contributed by atoms with E-state index in [9.17, 15) is 4.39 Å². The van der Waals surface area contributed by atoms with E-state index < -0.39 is 5.54 Å². The Kier molecular flexibility index (Phi) is 4.47. The molecule has 3 nitrogen and oxygen atoms in total. The molecule has 1 rings (SSSR count). The maximum Gasteiger partial charge on any atom is 0.123 e. The van der Waals surface area contributed by atoms with Crippen LogP contribution in [0, 0.1) is 17.1 Å². The molecule has 2 N–H and O–H groups in total. The van der Waals surface area contributed by atoms with E-state index in [0.29, 0.717) is 6.42 Å². The lowest BCUT2D eigenvalue weighted by molar-refractivity contribution is 0.522. The molecule has 0 aliphatic rings. The van der Waals surface area contributed by atoms with Crippen LogP contribution in [-0.4, -0.2) is 19.1 Å². The third-order valence-electron chi connectivity index (χ3n) is 2.71. The van der Waals surface area contributed by atoms with Crippen molar-refractivity contribution in [3.63, 3.8) is 0 Å². The first-order valence-corrected chi connectivity index (χ1v) is 5.61. The smallest absolute Gasteiger partial charge is 0.123 e. The first-order chi connectivity index (χ1) is 7.94. The molecule has 0 fully saturated rings. The lowest BCUT2D eigenvalue weighted by Crippen LogP contribution is -2.35. The zero-order chi connectivity index (χ0) is 12.9. The van der Waals surface area contributed by atoms with Crippen LogP contribution in [0.15, 0.2) is 24.3 Å². The molecule has 1 aromatic rings. The fourth-order valence-electron chi connectivity index (χ4n) is 1.56. The molecule has 0 heterocycles. The van der Waals surface area contributed by atoms with Crippen LogP contribution in [0.1, 0.15) is 19.8 Å². The highest BCUT2D eigenvalue weighted by Crippen LogP contribution is 2.15. The largest absolute Gasteiger partial charge is 0.375 e. The molecule has 0 amide bonds. The van der Waals surface area contributed by atoms with Crippen LogP contribution in [0.2, 0.25) is 0 Å². The maximum atomic E-state index is 12.7. The van der Waals surface area contributed by atoms with Crippen molar-refractivity contribution in [3.05, 3.63) is 30.1 Å². The van der Waals surface area contributed by atoms with Gasteiger partial charge in [0.05, 0.1) is 6.07 Å². The first kappa shape index (κ1) is 13.5. The molecule has 1 aromatic carbocycles. The Morgan fingerprint density at radius 3 is 2.53 bits per heavy atom. The molecule has 0 aromatic heterocycles. The summed E-state index contributed by atoms with van der Waals surface area (Å²) in [6.07, 6.45) is 1.48. The Bertz CT molecular complexity index is 392. The van der Waals surface area contributed by atoms with Crippen LogP contribution < -0.4 is 10.6 Å². The summed E-state index contributed by atoms with van der Waals surface area (Å²) in [5.74, 6) is -0.235. The fourth-order valence-corrected chi connectivity index (χ4v) is 1.56. The molecule has 0 aliphatic heterocycles. The van der Waals surface area contributed by atoms with E-state index in [0.717, 1.165) is 18.7 Å². The summed E-state index contributed by atoms with van der Waals surface area (Å²) in [5.41, 5.74) is 5.93. The number of halogens is 1. The molecule has 0 spiro atoms. The number of nitrogens with zero attached hydrogens (tertiary/aromatic N) is 2. The van der Waals surface area contributed by atoms with Crippen molar-refractivity contribution in [1.82, 2.24) is 0 Å². The quantitative estimate of drug-likeness (QED) is 0.851. The van der Waals surface area contributed by atoms with Gasteiger partial charge in [-0.2, -0.15) is 5.26 Å². The molecule has 0 bridgehead atoms. The van der Waals surface area contributed by atoms with E-state index in [-0.39, 0.29) is 5.82 Å². The predicted octanol–water partition coefficient (Wildman–Crippen LogP) is 2.28. The summed E-state index contributed by atoms with van der Waals surface area (Å²) in [5, 5.41) is 8.78. The van der Waals surface area contributed by atoms with Gasteiger partial charge in [0.25, 0.3) is 0 Å². The van der Waals surface area contributed by atoms with Crippen molar-refractivity contribution < 1.29 is 4.39 Å².